The van der Waals surface area contributed by atoms with Gasteiger partial charge in [0, 0.05) is 5.57 Å². The molecule has 0 saturated carbocycles. The van der Waals surface area contributed by atoms with E-state index >= 15 is 0 Å². The number of carbonyl (C=O) groups excluding carboxylic acids is 4. The van der Waals surface area contributed by atoms with Gasteiger partial charge in [0.2, 0.25) is 0 Å². The van der Waals surface area contributed by atoms with E-state index in [0.29, 0.717) is 12.0 Å². The van der Waals surface area contributed by atoms with Gasteiger partial charge in [0.05, 0.1) is 13.2 Å². The van der Waals surface area contributed by atoms with E-state index in [0.717, 1.165) is 36.7 Å². The van der Waals surface area contributed by atoms with Crippen molar-refractivity contribution in [3.63, 3.8) is 0 Å². The second-order valence-corrected chi connectivity index (χ2v) is 5.31. The van der Waals surface area contributed by atoms with Crippen LogP contribution in [0.5, 0.6) is 0 Å². The number of hydrogen-bond acceptors (Lipinski definition) is 5. The largest absolute Gasteiger partial charge is 0.465 e. The van der Waals surface area contributed by atoms with Gasteiger partial charge in [-0.25, -0.2) is 0 Å². The second kappa shape index (κ2) is 6.20. The van der Waals surface area contributed by atoms with Crippen LogP contribution in [0.3, 0.4) is 0 Å². The number of amides is 2. The Bertz CT molecular complexity index is 534. The van der Waals surface area contributed by atoms with E-state index in [-0.39, 0.29) is 19.1 Å². The molecule has 1 atom stereocenters. The first-order valence-corrected chi connectivity index (χ1v) is 7.21. The van der Waals surface area contributed by atoms with E-state index < -0.39 is 23.6 Å². The highest BCUT2D eigenvalue weighted by Crippen LogP contribution is 2.32. The summed E-state index contributed by atoms with van der Waals surface area (Å²) in [5.74, 6) is -4.13. The summed E-state index contributed by atoms with van der Waals surface area (Å²) >= 11 is 0. The van der Waals surface area contributed by atoms with Crippen LogP contribution in [0.1, 0.15) is 39.5 Å². The van der Waals surface area contributed by atoms with Gasteiger partial charge in [-0.05, 0) is 45.1 Å². The quantitative estimate of drug-likeness (QED) is 0.570. The molecule has 1 aliphatic carbocycles. The Morgan fingerprint density at radius 3 is 2.48 bits per heavy atom. The lowest BCUT2D eigenvalue weighted by molar-refractivity contribution is -0.159. The van der Waals surface area contributed by atoms with Gasteiger partial charge in [-0.15, -0.1) is 0 Å². The summed E-state index contributed by atoms with van der Waals surface area (Å²) in [4.78, 5) is 49.1. The first kappa shape index (κ1) is 15.4. The molecule has 0 N–H and O–H groups in total. The van der Waals surface area contributed by atoms with Crippen molar-refractivity contribution >= 4 is 23.6 Å². The molecule has 2 aliphatic rings. The number of imide groups is 1. The summed E-state index contributed by atoms with van der Waals surface area (Å²) in [6.07, 6.45) is 3.40. The number of ketones is 1. The van der Waals surface area contributed by atoms with Gasteiger partial charge >= 0.3 is 5.97 Å². The van der Waals surface area contributed by atoms with Crippen LogP contribution in [0.25, 0.3) is 0 Å². The average Bonchev–Trinajstić information content (AvgIpc) is 2.77. The third-order valence-corrected chi connectivity index (χ3v) is 3.88. The molecule has 0 fully saturated rings. The number of carbonyl (C=O) groups is 4. The highest BCUT2D eigenvalue weighted by Gasteiger charge is 2.42. The predicted molar refractivity (Wildman–Crippen MR) is 73.0 cm³/mol. The zero-order valence-electron chi connectivity index (χ0n) is 12.3. The molecule has 0 aromatic rings. The average molecular weight is 293 g/mol. The van der Waals surface area contributed by atoms with E-state index in [9.17, 15) is 19.2 Å². The molecule has 1 unspecified atom stereocenters. The predicted octanol–water partition coefficient (Wildman–Crippen LogP) is 0.994. The van der Waals surface area contributed by atoms with E-state index in [1.54, 1.807) is 6.92 Å². The molecule has 114 valence electrons. The highest BCUT2D eigenvalue weighted by molar-refractivity contribution is 6.21. The summed E-state index contributed by atoms with van der Waals surface area (Å²) in [5, 5.41) is 0. The van der Waals surface area contributed by atoms with Crippen LogP contribution in [0.15, 0.2) is 11.1 Å². The number of hydrogen-bond donors (Lipinski definition) is 0. The van der Waals surface area contributed by atoms with Crippen molar-refractivity contribution in [2.45, 2.75) is 39.5 Å². The monoisotopic (exact) mass is 293 g/mol. The van der Waals surface area contributed by atoms with Gasteiger partial charge in [-0.2, -0.15) is 0 Å². The molecule has 0 saturated heterocycles. The number of rotatable bonds is 4. The molecule has 2 rings (SSSR count). The molecule has 6 nitrogen and oxygen atoms in total. The highest BCUT2D eigenvalue weighted by atomic mass is 16.5. The Kier molecular flexibility index (Phi) is 4.55. The molecule has 0 spiro atoms. The Morgan fingerprint density at radius 2 is 1.90 bits per heavy atom. The van der Waals surface area contributed by atoms with Crippen LogP contribution in [0.2, 0.25) is 0 Å². The van der Waals surface area contributed by atoms with Crippen molar-refractivity contribution in [1.82, 2.24) is 4.90 Å². The summed E-state index contributed by atoms with van der Waals surface area (Å²) in [6.45, 7) is 3.04. The van der Waals surface area contributed by atoms with Crippen molar-refractivity contribution in [3.8, 4) is 0 Å². The number of ether oxygens (including phenoxy) is 1. The van der Waals surface area contributed by atoms with Crippen LogP contribution in [0, 0.1) is 5.92 Å². The van der Waals surface area contributed by atoms with Gasteiger partial charge < -0.3 is 4.74 Å². The molecular formula is C15H19NO5. The Morgan fingerprint density at radius 1 is 1.24 bits per heavy atom. The van der Waals surface area contributed by atoms with Crippen molar-refractivity contribution in [2.75, 3.05) is 13.2 Å². The molecule has 21 heavy (non-hydrogen) atoms. The van der Waals surface area contributed by atoms with Gasteiger partial charge in [0.1, 0.15) is 0 Å². The van der Waals surface area contributed by atoms with Crippen LogP contribution >= 0.6 is 0 Å². The van der Waals surface area contributed by atoms with Crippen molar-refractivity contribution in [1.29, 1.82) is 0 Å². The maximum Gasteiger partial charge on any atom is 0.326 e. The van der Waals surface area contributed by atoms with E-state index in [4.69, 9.17) is 4.74 Å². The smallest absolute Gasteiger partial charge is 0.326 e. The van der Waals surface area contributed by atoms with Crippen molar-refractivity contribution < 1.29 is 23.9 Å². The number of Topliss-reactive ketones (excluding diaryl/α,β-unsaturated/α-hetero) is 1. The van der Waals surface area contributed by atoms with Gasteiger partial charge in [-0.3, -0.25) is 24.1 Å². The Labute approximate surface area is 123 Å². The van der Waals surface area contributed by atoms with Gasteiger partial charge in [0.25, 0.3) is 11.8 Å². The maximum atomic E-state index is 12.4. The van der Waals surface area contributed by atoms with Gasteiger partial charge in [-0.1, -0.05) is 0 Å². The first-order chi connectivity index (χ1) is 9.97. The molecule has 0 bridgehead atoms. The minimum atomic E-state index is -1.53. The zero-order valence-corrected chi connectivity index (χ0v) is 12.3. The summed E-state index contributed by atoms with van der Waals surface area (Å²) < 4.78 is 4.77. The molecule has 6 heteroatoms. The lowest BCUT2D eigenvalue weighted by Gasteiger charge is -2.19. The number of esters is 1. The molecule has 0 aromatic heterocycles. The summed E-state index contributed by atoms with van der Waals surface area (Å²) in [5.41, 5.74) is 1.64. The summed E-state index contributed by atoms with van der Waals surface area (Å²) in [7, 11) is 0. The first-order valence-electron chi connectivity index (χ1n) is 7.21. The van der Waals surface area contributed by atoms with E-state index in [2.05, 4.69) is 0 Å². The molecule has 0 aromatic carbocycles. The van der Waals surface area contributed by atoms with Crippen LogP contribution in [-0.4, -0.2) is 41.6 Å². The van der Waals surface area contributed by atoms with Crippen LogP contribution < -0.4 is 0 Å². The number of nitrogens with zero attached hydrogens (tertiary/aromatic N) is 1. The molecule has 1 heterocycles. The standard InChI is InChI=1S/C15H19NO5/c1-3-21-15(20)12(9(2)17)14(19)16-8-10-6-4-5-7-11(10)13(16)18/h12H,3-8H2,1-2H3. The van der Waals surface area contributed by atoms with Crippen molar-refractivity contribution in [3.05, 3.63) is 11.1 Å². The Balaban J connectivity index is 2.18. The zero-order chi connectivity index (χ0) is 15.6. The third kappa shape index (κ3) is 2.89. The Hall–Kier alpha value is -1.98. The SMILES string of the molecule is CCOC(=O)C(C(C)=O)C(=O)N1CC2=C(CCCC2)C1=O. The minimum Gasteiger partial charge on any atom is -0.465 e. The van der Waals surface area contributed by atoms with E-state index in [1.165, 1.54) is 0 Å². The lowest BCUT2D eigenvalue weighted by Crippen LogP contribution is -2.44. The van der Waals surface area contributed by atoms with Crippen LogP contribution in [-0.2, 0) is 23.9 Å². The minimum absolute atomic E-state index is 0.0819. The fraction of sp³-hybridized carbons (Fsp3) is 0.600. The second-order valence-electron chi connectivity index (χ2n) is 5.31. The molecule has 2 amide bonds. The molecule has 0 radical (unpaired) electrons. The van der Waals surface area contributed by atoms with Crippen molar-refractivity contribution in [2.24, 2.45) is 5.92 Å². The molecule has 1 aliphatic heterocycles. The summed E-state index contributed by atoms with van der Waals surface area (Å²) in [6, 6.07) is 0. The normalized spacial score (nSPS) is 19.3. The third-order valence-electron chi connectivity index (χ3n) is 3.88. The lowest BCUT2D eigenvalue weighted by atomic mass is 9.94. The topological polar surface area (TPSA) is 80.8 Å². The fourth-order valence-corrected chi connectivity index (χ4v) is 2.83. The maximum absolute atomic E-state index is 12.4. The van der Waals surface area contributed by atoms with Crippen LogP contribution in [0.4, 0.5) is 0 Å². The van der Waals surface area contributed by atoms with Gasteiger partial charge in [0.15, 0.2) is 11.7 Å². The fourth-order valence-electron chi connectivity index (χ4n) is 2.83. The van der Waals surface area contributed by atoms with E-state index in [1.807, 2.05) is 0 Å². The molecular weight excluding hydrogens is 274 g/mol.